The number of carbonyl (C=O) groups is 1. The molecule has 8 nitrogen and oxygen atoms in total. The van der Waals surface area contributed by atoms with E-state index in [1.807, 2.05) is 0 Å². The van der Waals surface area contributed by atoms with Crippen molar-refractivity contribution in [1.29, 1.82) is 0 Å². The third-order valence-corrected chi connectivity index (χ3v) is 3.82. The van der Waals surface area contributed by atoms with Crippen LogP contribution in [0.3, 0.4) is 0 Å². The zero-order chi connectivity index (χ0) is 18.8. The number of ether oxygens (including phenoxy) is 1. The number of hydrogen-bond donors (Lipinski definition) is 1. The van der Waals surface area contributed by atoms with Gasteiger partial charge in [-0.25, -0.2) is 0 Å². The lowest BCUT2D eigenvalue weighted by Gasteiger charge is -2.02. The molecular formula is C19H13N3O5. The SMILES string of the molecule is COc1cccc(-c2nnc(NC(=O)c3cc(=O)c4ccccc4o3)o2)c1. The number of fused-ring (bicyclic) bond motifs is 1. The Morgan fingerprint density at radius 3 is 2.74 bits per heavy atom. The standard InChI is InChI=1S/C19H13N3O5/c1-25-12-6-4-5-11(9-12)18-21-22-19(27-18)20-17(24)16-10-14(23)13-7-2-3-8-15(13)26-16/h2-10H,1H3,(H,20,22,24). The van der Waals surface area contributed by atoms with Crippen molar-refractivity contribution in [2.75, 3.05) is 12.4 Å². The summed E-state index contributed by atoms with van der Waals surface area (Å²) in [4.78, 5) is 24.5. The number of nitrogens with one attached hydrogen (secondary N) is 1. The van der Waals surface area contributed by atoms with Crippen LogP contribution in [0.1, 0.15) is 10.6 Å². The van der Waals surface area contributed by atoms with Gasteiger partial charge in [0.25, 0.3) is 5.91 Å². The van der Waals surface area contributed by atoms with Gasteiger partial charge in [0.15, 0.2) is 11.2 Å². The van der Waals surface area contributed by atoms with E-state index in [-0.39, 0.29) is 23.1 Å². The van der Waals surface area contributed by atoms with Crippen molar-refractivity contribution in [3.8, 4) is 17.2 Å². The predicted octanol–water partition coefficient (Wildman–Crippen LogP) is 3.10. The average Bonchev–Trinajstić information content (AvgIpc) is 3.16. The quantitative estimate of drug-likeness (QED) is 0.593. The average molecular weight is 363 g/mol. The first-order valence-corrected chi connectivity index (χ1v) is 7.96. The fraction of sp³-hybridized carbons (Fsp3) is 0.0526. The highest BCUT2D eigenvalue weighted by molar-refractivity contribution is 6.01. The number of aromatic nitrogens is 2. The molecule has 0 unspecified atom stereocenters. The van der Waals surface area contributed by atoms with Gasteiger partial charge in [0.2, 0.25) is 5.89 Å². The van der Waals surface area contributed by atoms with Gasteiger partial charge in [-0.05, 0) is 30.3 Å². The summed E-state index contributed by atoms with van der Waals surface area (Å²) in [7, 11) is 1.55. The van der Waals surface area contributed by atoms with Crippen LogP contribution in [0.5, 0.6) is 5.75 Å². The molecule has 0 aliphatic heterocycles. The van der Waals surface area contributed by atoms with E-state index in [9.17, 15) is 9.59 Å². The van der Waals surface area contributed by atoms with E-state index < -0.39 is 5.91 Å². The van der Waals surface area contributed by atoms with Crippen LogP contribution in [-0.2, 0) is 0 Å². The van der Waals surface area contributed by atoms with Crippen molar-refractivity contribution in [2.24, 2.45) is 0 Å². The lowest BCUT2D eigenvalue weighted by Crippen LogP contribution is -2.15. The Morgan fingerprint density at radius 2 is 1.89 bits per heavy atom. The smallest absolute Gasteiger partial charge is 0.322 e. The zero-order valence-corrected chi connectivity index (χ0v) is 14.1. The second-order valence-electron chi connectivity index (χ2n) is 5.57. The molecule has 0 spiro atoms. The summed E-state index contributed by atoms with van der Waals surface area (Å²) in [6, 6.07) is 14.7. The first kappa shape index (κ1) is 16.5. The molecule has 4 rings (SSSR count). The summed E-state index contributed by atoms with van der Waals surface area (Å²) in [5.41, 5.74) is 0.641. The van der Waals surface area contributed by atoms with Crippen molar-refractivity contribution in [3.63, 3.8) is 0 Å². The number of benzene rings is 2. The first-order chi connectivity index (χ1) is 13.1. The maximum Gasteiger partial charge on any atom is 0.322 e. The Labute approximate surface area is 152 Å². The number of nitrogens with zero attached hydrogens (tertiary/aromatic N) is 2. The molecule has 134 valence electrons. The first-order valence-electron chi connectivity index (χ1n) is 7.96. The highest BCUT2D eigenvalue weighted by Gasteiger charge is 2.16. The van der Waals surface area contributed by atoms with E-state index in [1.54, 1.807) is 55.6 Å². The second-order valence-corrected chi connectivity index (χ2v) is 5.57. The largest absolute Gasteiger partial charge is 0.497 e. The third kappa shape index (κ3) is 3.28. The van der Waals surface area contributed by atoms with E-state index in [2.05, 4.69) is 15.5 Å². The topological polar surface area (TPSA) is 107 Å². The molecule has 0 bridgehead atoms. The molecule has 8 heteroatoms. The van der Waals surface area contributed by atoms with Gasteiger partial charge in [-0.3, -0.25) is 14.9 Å². The second kappa shape index (κ2) is 6.75. The molecule has 27 heavy (non-hydrogen) atoms. The van der Waals surface area contributed by atoms with Crippen molar-refractivity contribution >= 4 is 22.9 Å². The summed E-state index contributed by atoms with van der Waals surface area (Å²) < 4.78 is 16.1. The Morgan fingerprint density at radius 1 is 1.04 bits per heavy atom. The van der Waals surface area contributed by atoms with E-state index in [0.717, 1.165) is 6.07 Å². The number of hydrogen-bond acceptors (Lipinski definition) is 7. The Kier molecular flexibility index (Phi) is 4.13. The lowest BCUT2D eigenvalue weighted by atomic mass is 10.2. The number of carbonyl (C=O) groups excluding carboxylic acids is 1. The molecule has 0 fully saturated rings. The molecule has 2 aromatic carbocycles. The molecule has 0 saturated heterocycles. The molecule has 2 heterocycles. The normalized spacial score (nSPS) is 10.7. The van der Waals surface area contributed by atoms with Crippen LogP contribution in [0.4, 0.5) is 6.01 Å². The fourth-order valence-corrected chi connectivity index (χ4v) is 2.52. The summed E-state index contributed by atoms with van der Waals surface area (Å²) in [6.07, 6.45) is 0. The molecular weight excluding hydrogens is 350 g/mol. The molecule has 0 radical (unpaired) electrons. The number of rotatable bonds is 4. The molecule has 1 N–H and O–H groups in total. The van der Waals surface area contributed by atoms with Crippen LogP contribution in [0.2, 0.25) is 0 Å². The van der Waals surface area contributed by atoms with Crippen LogP contribution in [0.25, 0.3) is 22.4 Å². The summed E-state index contributed by atoms with van der Waals surface area (Å²) in [5, 5.41) is 10.5. The monoisotopic (exact) mass is 363 g/mol. The van der Waals surface area contributed by atoms with Gasteiger partial charge in [0.1, 0.15) is 11.3 Å². The van der Waals surface area contributed by atoms with Gasteiger partial charge in [0.05, 0.1) is 12.5 Å². The van der Waals surface area contributed by atoms with E-state index >= 15 is 0 Å². The minimum atomic E-state index is -0.668. The van der Waals surface area contributed by atoms with Crippen LogP contribution in [0.15, 0.2) is 68.2 Å². The van der Waals surface area contributed by atoms with Crippen molar-refractivity contribution in [2.45, 2.75) is 0 Å². The van der Waals surface area contributed by atoms with E-state index in [0.29, 0.717) is 22.3 Å². The number of methoxy groups -OCH3 is 1. The molecule has 0 aliphatic rings. The van der Waals surface area contributed by atoms with Crippen molar-refractivity contribution < 1.29 is 18.4 Å². The van der Waals surface area contributed by atoms with Gasteiger partial charge >= 0.3 is 6.01 Å². The predicted molar refractivity (Wildman–Crippen MR) is 96.7 cm³/mol. The zero-order valence-electron chi connectivity index (χ0n) is 14.1. The Balaban J connectivity index is 1.59. The van der Waals surface area contributed by atoms with Crippen LogP contribution < -0.4 is 15.5 Å². The molecule has 0 atom stereocenters. The van der Waals surface area contributed by atoms with Gasteiger partial charge in [0, 0.05) is 11.6 Å². The van der Waals surface area contributed by atoms with Gasteiger partial charge < -0.3 is 13.6 Å². The minimum absolute atomic E-state index is 0.117. The fourth-order valence-electron chi connectivity index (χ4n) is 2.52. The van der Waals surface area contributed by atoms with E-state index in [4.69, 9.17) is 13.6 Å². The maximum atomic E-state index is 12.4. The van der Waals surface area contributed by atoms with Crippen LogP contribution in [-0.4, -0.2) is 23.2 Å². The van der Waals surface area contributed by atoms with E-state index in [1.165, 1.54) is 0 Å². The number of para-hydroxylation sites is 1. The van der Waals surface area contributed by atoms with Crippen LogP contribution >= 0.6 is 0 Å². The van der Waals surface area contributed by atoms with Gasteiger partial charge in [-0.2, -0.15) is 0 Å². The molecule has 4 aromatic rings. The summed E-state index contributed by atoms with van der Waals surface area (Å²) in [5.74, 6) is 0.0249. The summed E-state index contributed by atoms with van der Waals surface area (Å²) >= 11 is 0. The third-order valence-electron chi connectivity index (χ3n) is 3.82. The van der Waals surface area contributed by atoms with Crippen molar-refractivity contribution in [3.05, 3.63) is 70.6 Å². The molecule has 2 aromatic heterocycles. The lowest BCUT2D eigenvalue weighted by molar-refractivity contribution is 0.0994. The molecule has 0 saturated carbocycles. The number of amides is 1. The minimum Gasteiger partial charge on any atom is -0.497 e. The Hall–Kier alpha value is -3.94. The molecule has 1 amide bonds. The van der Waals surface area contributed by atoms with Gasteiger partial charge in [-0.1, -0.05) is 23.3 Å². The van der Waals surface area contributed by atoms with Crippen molar-refractivity contribution in [1.82, 2.24) is 10.2 Å². The molecule has 0 aliphatic carbocycles. The maximum absolute atomic E-state index is 12.4. The summed E-state index contributed by atoms with van der Waals surface area (Å²) in [6.45, 7) is 0. The van der Waals surface area contributed by atoms with Crippen LogP contribution in [0, 0.1) is 0 Å². The highest BCUT2D eigenvalue weighted by Crippen LogP contribution is 2.24. The highest BCUT2D eigenvalue weighted by atomic mass is 16.5. The van der Waals surface area contributed by atoms with Gasteiger partial charge in [-0.15, -0.1) is 5.10 Å². The number of anilines is 1. The Bertz CT molecular complexity index is 1200.